The molecule has 0 saturated carbocycles. The van der Waals surface area contributed by atoms with Gasteiger partial charge in [-0.25, -0.2) is 4.79 Å². The molecule has 5 nitrogen and oxygen atoms in total. The van der Waals surface area contributed by atoms with Crippen molar-refractivity contribution in [2.45, 2.75) is 19.9 Å². The van der Waals surface area contributed by atoms with Gasteiger partial charge in [-0.3, -0.25) is 4.79 Å². The van der Waals surface area contributed by atoms with Crippen LogP contribution >= 0.6 is 0 Å². The van der Waals surface area contributed by atoms with Crippen LogP contribution in [-0.2, 0) is 11.3 Å². The van der Waals surface area contributed by atoms with Crippen LogP contribution in [0.3, 0.4) is 0 Å². The third-order valence-corrected chi connectivity index (χ3v) is 3.30. The van der Waals surface area contributed by atoms with Crippen molar-refractivity contribution in [3.8, 4) is 5.75 Å². The molecule has 1 aliphatic rings. The summed E-state index contributed by atoms with van der Waals surface area (Å²) >= 11 is 0. The van der Waals surface area contributed by atoms with E-state index in [1.54, 1.807) is 11.0 Å². The predicted molar refractivity (Wildman–Crippen MR) is 69.2 cm³/mol. The second kappa shape index (κ2) is 5.30. The van der Waals surface area contributed by atoms with E-state index in [0.29, 0.717) is 24.6 Å². The zero-order chi connectivity index (χ0) is 14.0. The number of carboxylic acid groups (broad SMARTS) is 1. The van der Waals surface area contributed by atoms with Crippen LogP contribution in [0.2, 0.25) is 0 Å². The topological polar surface area (TPSA) is 66.8 Å². The van der Waals surface area contributed by atoms with E-state index in [0.717, 1.165) is 12.1 Å². The van der Waals surface area contributed by atoms with Gasteiger partial charge in [0.15, 0.2) is 0 Å². The second-order valence-electron chi connectivity index (χ2n) is 4.92. The highest BCUT2D eigenvalue weighted by Crippen LogP contribution is 2.25. The fourth-order valence-electron chi connectivity index (χ4n) is 2.34. The van der Waals surface area contributed by atoms with Gasteiger partial charge >= 0.3 is 5.97 Å². The van der Waals surface area contributed by atoms with Crippen LogP contribution in [0, 0.1) is 5.92 Å². The van der Waals surface area contributed by atoms with E-state index >= 15 is 0 Å². The van der Waals surface area contributed by atoms with Gasteiger partial charge in [0.25, 0.3) is 0 Å². The Labute approximate surface area is 111 Å². The summed E-state index contributed by atoms with van der Waals surface area (Å²) in [6, 6.07) is 4.73. The molecule has 1 aromatic rings. The molecule has 102 valence electrons. The number of hydrogen-bond donors (Lipinski definition) is 1. The fraction of sp³-hybridized carbons (Fsp3) is 0.429. The summed E-state index contributed by atoms with van der Waals surface area (Å²) in [6.07, 6.45) is 0.579. The zero-order valence-electron chi connectivity index (χ0n) is 11.0. The molecule has 5 heteroatoms. The molecule has 1 N–H and O–H groups in total. The van der Waals surface area contributed by atoms with E-state index in [1.165, 1.54) is 19.2 Å². The Bertz CT molecular complexity index is 512. The number of amides is 1. The van der Waals surface area contributed by atoms with Gasteiger partial charge in [0.2, 0.25) is 5.91 Å². The molecule has 1 saturated heterocycles. The highest BCUT2D eigenvalue weighted by molar-refractivity contribution is 5.88. The lowest BCUT2D eigenvalue weighted by Gasteiger charge is -2.18. The van der Waals surface area contributed by atoms with Crippen LogP contribution < -0.4 is 4.74 Å². The number of benzene rings is 1. The normalized spacial score (nSPS) is 18.7. The van der Waals surface area contributed by atoms with Gasteiger partial charge in [0.05, 0.1) is 12.7 Å². The molecule has 0 spiro atoms. The SMILES string of the molecule is COc1cc(C(=O)O)ccc1CN1CC(C)CC1=O. The van der Waals surface area contributed by atoms with E-state index in [1.807, 2.05) is 6.92 Å². The Morgan fingerprint density at radius 1 is 1.53 bits per heavy atom. The number of carboxylic acids is 1. The van der Waals surface area contributed by atoms with Crippen molar-refractivity contribution < 1.29 is 19.4 Å². The summed E-state index contributed by atoms with van der Waals surface area (Å²) in [4.78, 5) is 24.4. The number of ether oxygens (including phenoxy) is 1. The second-order valence-corrected chi connectivity index (χ2v) is 4.92. The molecule has 1 heterocycles. The van der Waals surface area contributed by atoms with Gasteiger partial charge in [0.1, 0.15) is 5.75 Å². The van der Waals surface area contributed by atoms with Crippen LogP contribution in [0.1, 0.15) is 29.3 Å². The molecule has 1 aromatic carbocycles. The number of methoxy groups -OCH3 is 1. The van der Waals surface area contributed by atoms with Gasteiger partial charge in [-0.2, -0.15) is 0 Å². The van der Waals surface area contributed by atoms with Gasteiger partial charge in [-0.1, -0.05) is 13.0 Å². The van der Waals surface area contributed by atoms with Gasteiger partial charge in [-0.05, 0) is 18.1 Å². The Morgan fingerprint density at radius 3 is 2.79 bits per heavy atom. The third-order valence-electron chi connectivity index (χ3n) is 3.30. The number of carbonyl (C=O) groups is 2. The summed E-state index contributed by atoms with van der Waals surface area (Å²) < 4.78 is 5.21. The highest BCUT2D eigenvalue weighted by atomic mass is 16.5. The lowest BCUT2D eigenvalue weighted by molar-refractivity contribution is -0.128. The smallest absolute Gasteiger partial charge is 0.335 e. The fourth-order valence-corrected chi connectivity index (χ4v) is 2.34. The number of carbonyl (C=O) groups excluding carboxylic acids is 1. The molecule has 0 bridgehead atoms. The number of aromatic carboxylic acids is 1. The maximum Gasteiger partial charge on any atom is 0.335 e. The molecule has 0 aromatic heterocycles. The molecule has 0 aliphatic carbocycles. The maximum absolute atomic E-state index is 11.8. The monoisotopic (exact) mass is 263 g/mol. The zero-order valence-corrected chi connectivity index (χ0v) is 11.0. The minimum Gasteiger partial charge on any atom is -0.496 e. The Balaban J connectivity index is 2.20. The first-order chi connectivity index (χ1) is 9.01. The highest BCUT2D eigenvalue weighted by Gasteiger charge is 2.27. The summed E-state index contributed by atoms with van der Waals surface area (Å²) in [7, 11) is 1.50. The quantitative estimate of drug-likeness (QED) is 0.898. The lowest BCUT2D eigenvalue weighted by atomic mass is 10.1. The van der Waals surface area contributed by atoms with Crippen molar-refractivity contribution in [2.24, 2.45) is 5.92 Å². The molecule has 1 unspecified atom stereocenters. The molecule has 1 aliphatic heterocycles. The van der Waals surface area contributed by atoms with Gasteiger partial charge in [-0.15, -0.1) is 0 Å². The summed E-state index contributed by atoms with van der Waals surface area (Å²) in [5.41, 5.74) is 1.01. The van der Waals surface area contributed by atoms with Crippen molar-refractivity contribution in [1.82, 2.24) is 4.90 Å². The molecular formula is C14H17NO4. The average molecular weight is 263 g/mol. The Hall–Kier alpha value is -2.04. The molecule has 19 heavy (non-hydrogen) atoms. The van der Waals surface area contributed by atoms with Crippen LogP contribution in [0.25, 0.3) is 0 Å². The standard InChI is InChI=1S/C14H17NO4/c1-9-5-13(16)15(7-9)8-11-4-3-10(14(17)18)6-12(11)19-2/h3-4,6,9H,5,7-8H2,1-2H3,(H,17,18). The van der Waals surface area contributed by atoms with Crippen molar-refractivity contribution >= 4 is 11.9 Å². The van der Waals surface area contributed by atoms with Crippen molar-refractivity contribution in [2.75, 3.05) is 13.7 Å². The molecule has 1 amide bonds. The maximum atomic E-state index is 11.8. The molecule has 0 radical (unpaired) electrons. The van der Waals surface area contributed by atoms with Crippen molar-refractivity contribution in [1.29, 1.82) is 0 Å². The first-order valence-corrected chi connectivity index (χ1v) is 6.19. The van der Waals surface area contributed by atoms with Crippen LogP contribution in [0.4, 0.5) is 0 Å². The summed E-state index contributed by atoms with van der Waals surface area (Å²) in [5, 5.41) is 8.94. The number of nitrogens with zero attached hydrogens (tertiary/aromatic N) is 1. The first kappa shape index (κ1) is 13.4. The Kier molecular flexibility index (Phi) is 3.74. The van der Waals surface area contributed by atoms with E-state index in [2.05, 4.69) is 0 Å². The average Bonchev–Trinajstić information content (AvgIpc) is 2.68. The number of hydrogen-bond acceptors (Lipinski definition) is 3. The van der Waals surface area contributed by atoms with Crippen LogP contribution in [-0.4, -0.2) is 35.5 Å². The molecule has 2 rings (SSSR count). The first-order valence-electron chi connectivity index (χ1n) is 6.19. The number of rotatable bonds is 4. The van der Waals surface area contributed by atoms with E-state index in [-0.39, 0.29) is 11.5 Å². The van der Waals surface area contributed by atoms with Crippen LogP contribution in [0.5, 0.6) is 5.75 Å². The van der Waals surface area contributed by atoms with E-state index in [9.17, 15) is 9.59 Å². The molecule has 1 fully saturated rings. The largest absolute Gasteiger partial charge is 0.496 e. The van der Waals surface area contributed by atoms with Gasteiger partial charge in [0, 0.05) is 25.1 Å². The van der Waals surface area contributed by atoms with Crippen molar-refractivity contribution in [3.63, 3.8) is 0 Å². The van der Waals surface area contributed by atoms with E-state index < -0.39 is 5.97 Å². The predicted octanol–water partition coefficient (Wildman–Crippen LogP) is 1.76. The minimum atomic E-state index is -0.990. The number of likely N-dealkylation sites (tertiary alicyclic amines) is 1. The van der Waals surface area contributed by atoms with Crippen LogP contribution in [0.15, 0.2) is 18.2 Å². The van der Waals surface area contributed by atoms with Gasteiger partial charge < -0.3 is 14.7 Å². The summed E-state index contributed by atoms with van der Waals surface area (Å²) in [5.74, 6) is 0.0247. The molecular weight excluding hydrogens is 246 g/mol. The van der Waals surface area contributed by atoms with Crippen molar-refractivity contribution in [3.05, 3.63) is 29.3 Å². The lowest BCUT2D eigenvalue weighted by Crippen LogP contribution is -2.24. The Morgan fingerprint density at radius 2 is 2.26 bits per heavy atom. The van der Waals surface area contributed by atoms with E-state index in [4.69, 9.17) is 9.84 Å². The third kappa shape index (κ3) is 2.86. The minimum absolute atomic E-state index is 0.136. The summed E-state index contributed by atoms with van der Waals surface area (Å²) in [6.45, 7) is 3.25. The molecule has 1 atom stereocenters.